The smallest absolute Gasteiger partial charge is 0.153 e. The van der Waals surface area contributed by atoms with Gasteiger partial charge in [0, 0.05) is 18.0 Å². The zero-order valence-corrected chi connectivity index (χ0v) is 11.0. The van der Waals surface area contributed by atoms with Crippen LogP contribution in [0.4, 0.5) is 0 Å². The molecule has 0 unspecified atom stereocenters. The van der Waals surface area contributed by atoms with Gasteiger partial charge >= 0.3 is 0 Å². The first kappa shape index (κ1) is 13.0. The lowest BCUT2D eigenvalue weighted by Gasteiger charge is -2.00. The molecule has 0 saturated carbocycles. The Bertz CT molecular complexity index is 615. The second-order valence-electron chi connectivity index (χ2n) is 4.33. The first-order valence-corrected chi connectivity index (χ1v) is 6.01. The Kier molecular flexibility index (Phi) is 4.03. The Hall–Kier alpha value is -2.49. The molecule has 1 heterocycles. The zero-order chi connectivity index (χ0) is 13.7. The van der Waals surface area contributed by atoms with Crippen molar-refractivity contribution in [2.75, 3.05) is 0 Å². The highest BCUT2D eigenvalue weighted by Gasteiger charge is 1.97. The largest absolute Gasteiger partial charge is 0.382 e. The molecule has 0 fully saturated rings. The minimum atomic E-state index is 0.379. The molecule has 4 heteroatoms. The molecule has 96 valence electrons. The maximum atomic E-state index is 5.84. The van der Waals surface area contributed by atoms with E-state index in [0.717, 1.165) is 16.7 Å². The Labute approximate surface area is 112 Å². The average molecular weight is 252 g/mol. The first-order valence-electron chi connectivity index (χ1n) is 6.01. The van der Waals surface area contributed by atoms with Gasteiger partial charge in [-0.25, -0.2) is 0 Å². The van der Waals surface area contributed by atoms with E-state index in [9.17, 15) is 0 Å². The van der Waals surface area contributed by atoms with Gasteiger partial charge in [0.05, 0.1) is 6.21 Å². The molecule has 0 amide bonds. The van der Waals surface area contributed by atoms with Crippen LogP contribution in [0.25, 0.3) is 0 Å². The molecule has 0 aliphatic rings. The molecule has 0 aliphatic carbocycles. The van der Waals surface area contributed by atoms with Gasteiger partial charge in [-0.1, -0.05) is 23.8 Å². The van der Waals surface area contributed by atoms with Crippen LogP contribution in [-0.4, -0.2) is 17.0 Å². The molecule has 2 rings (SSSR count). The fourth-order valence-electron chi connectivity index (χ4n) is 1.63. The Morgan fingerprint density at radius 1 is 1.16 bits per heavy atom. The number of pyridine rings is 1. The number of nitrogens with two attached hydrogens (primary N) is 1. The average Bonchev–Trinajstić information content (AvgIpc) is 2.43. The molecular formula is C15H16N4. The minimum absolute atomic E-state index is 0.379. The number of aryl methyl sites for hydroxylation is 2. The van der Waals surface area contributed by atoms with E-state index in [-0.39, 0.29) is 0 Å². The molecule has 0 saturated heterocycles. The summed E-state index contributed by atoms with van der Waals surface area (Å²) in [5, 5.41) is 8.03. The highest BCUT2D eigenvalue weighted by atomic mass is 15.2. The van der Waals surface area contributed by atoms with Crippen molar-refractivity contribution in [3.8, 4) is 0 Å². The van der Waals surface area contributed by atoms with Crippen molar-refractivity contribution in [2.24, 2.45) is 15.9 Å². The summed E-state index contributed by atoms with van der Waals surface area (Å²) < 4.78 is 0. The third kappa shape index (κ3) is 3.48. The Morgan fingerprint density at radius 2 is 1.89 bits per heavy atom. The van der Waals surface area contributed by atoms with Crippen molar-refractivity contribution in [1.29, 1.82) is 0 Å². The van der Waals surface area contributed by atoms with Gasteiger partial charge in [0.2, 0.25) is 0 Å². The van der Waals surface area contributed by atoms with Gasteiger partial charge in [0.25, 0.3) is 0 Å². The van der Waals surface area contributed by atoms with Crippen LogP contribution in [0.15, 0.2) is 52.9 Å². The fourth-order valence-corrected chi connectivity index (χ4v) is 1.63. The van der Waals surface area contributed by atoms with E-state index in [0.29, 0.717) is 5.84 Å². The van der Waals surface area contributed by atoms with Crippen LogP contribution < -0.4 is 5.73 Å². The van der Waals surface area contributed by atoms with E-state index >= 15 is 0 Å². The molecule has 0 aliphatic heterocycles. The maximum Gasteiger partial charge on any atom is 0.153 e. The summed E-state index contributed by atoms with van der Waals surface area (Å²) in [6.45, 7) is 4.09. The SMILES string of the molecule is Cc1ccc(C)c(/C=N/N=C(\N)c2ccncc2)c1. The summed E-state index contributed by atoms with van der Waals surface area (Å²) >= 11 is 0. The van der Waals surface area contributed by atoms with Crippen molar-refractivity contribution in [3.63, 3.8) is 0 Å². The highest BCUT2D eigenvalue weighted by molar-refractivity contribution is 5.97. The molecule has 0 spiro atoms. The van der Waals surface area contributed by atoms with Crippen molar-refractivity contribution in [3.05, 3.63) is 65.0 Å². The molecular weight excluding hydrogens is 236 g/mol. The van der Waals surface area contributed by atoms with Gasteiger partial charge in [0.15, 0.2) is 5.84 Å². The van der Waals surface area contributed by atoms with Gasteiger partial charge in [-0.15, -0.1) is 5.10 Å². The predicted molar refractivity (Wildman–Crippen MR) is 78.5 cm³/mol. The van der Waals surface area contributed by atoms with Gasteiger partial charge in [-0.05, 0) is 37.1 Å². The topological polar surface area (TPSA) is 63.6 Å². The Balaban J connectivity index is 2.17. The number of amidine groups is 1. The number of benzene rings is 1. The third-order valence-electron chi connectivity index (χ3n) is 2.77. The molecule has 1 aromatic carbocycles. The van der Waals surface area contributed by atoms with Crippen LogP contribution in [0.2, 0.25) is 0 Å². The monoisotopic (exact) mass is 252 g/mol. The second-order valence-corrected chi connectivity index (χ2v) is 4.33. The molecule has 1 aromatic heterocycles. The second kappa shape index (κ2) is 5.91. The summed E-state index contributed by atoms with van der Waals surface area (Å²) in [6.07, 6.45) is 5.06. The molecule has 0 atom stereocenters. The summed E-state index contributed by atoms with van der Waals surface area (Å²) in [6, 6.07) is 9.80. The van der Waals surface area contributed by atoms with Crippen LogP contribution in [0.5, 0.6) is 0 Å². The number of hydrogen-bond donors (Lipinski definition) is 1. The molecule has 19 heavy (non-hydrogen) atoms. The minimum Gasteiger partial charge on any atom is -0.382 e. The van der Waals surface area contributed by atoms with Crippen LogP contribution in [0.3, 0.4) is 0 Å². The van der Waals surface area contributed by atoms with E-state index in [2.05, 4.69) is 33.4 Å². The third-order valence-corrected chi connectivity index (χ3v) is 2.77. The van der Waals surface area contributed by atoms with E-state index in [1.54, 1.807) is 30.7 Å². The van der Waals surface area contributed by atoms with Crippen LogP contribution >= 0.6 is 0 Å². The predicted octanol–water partition coefficient (Wildman–Crippen LogP) is 2.44. The van der Waals surface area contributed by atoms with E-state index in [1.165, 1.54) is 5.56 Å². The molecule has 4 nitrogen and oxygen atoms in total. The fraction of sp³-hybridized carbons (Fsp3) is 0.133. The normalized spacial score (nSPS) is 12.0. The number of hydrogen-bond acceptors (Lipinski definition) is 3. The van der Waals surface area contributed by atoms with E-state index < -0.39 is 0 Å². The van der Waals surface area contributed by atoms with Crippen LogP contribution in [0.1, 0.15) is 22.3 Å². The standard InChI is InChI=1S/C15H16N4/c1-11-3-4-12(2)14(9-11)10-18-19-15(16)13-5-7-17-8-6-13/h3-10H,1-2H3,(H2,16,19)/b18-10+. The van der Waals surface area contributed by atoms with Gasteiger partial charge in [-0.2, -0.15) is 5.10 Å². The molecule has 0 radical (unpaired) electrons. The van der Waals surface area contributed by atoms with Crippen molar-refractivity contribution >= 4 is 12.1 Å². The number of aromatic nitrogens is 1. The maximum absolute atomic E-state index is 5.84. The molecule has 2 aromatic rings. The van der Waals surface area contributed by atoms with Crippen LogP contribution in [0, 0.1) is 13.8 Å². The lowest BCUT2D eigenvalue weighted by molar-refractivity contribution is 1.22. The quantitative estimate of drug-likeness (QED) is 0.518. The Morgan fingerprint density at radius 3 is 2.63 bits per heavy atom. The summed E-state index contributed by atoms with van der Waals surface area (Å²) in [5.74, 6) is 0.379. The number of nitrogens with zero attached hydrogens (tertiary/aromatic N) is 3. The van der Waals surface area contributed by atoms with Gasteiger partial charge < -0.3 is 5.73 Å². The molecule has 0 bridgehead atoms. The van der Waals surface area contributed by atoms with Gasteiger partial charge in [-0.3, -0.25) is 4.98 Å². The first-order chi connectivity index (χ1) is 9.16. The lowest BCUT2D eigenvalue weighted by atomic mass is 10.1. The van der Waals surface area contributed by atoms with Crippen molar-refractivity contribution < 1.29 is 0 Å². The zero-order valence-electron chi connectivity index (χ0n) is 11.0. The van der Waals surface area contributed by atoms with E-state index in [4.69, 9.17) is 5.73 Å². The summed E-state index contributed by atoms with van der Waals surface area (Å²) in [4.78, 5) is 3.93. The lowest BCUT2D eigenvalue weighted by Crippen LogP contribution is -2.12. The van der Waals surface area contributed by atoms with E-state index in [1.807, 2.05) is 13.8 Å². The molecule has 2 N–H and O–H groups in total. The number of rotatable bonds is 3. The summed E-state index contributed by atoms with van der Waals surface area (Å²) in [5.41, 5.74) is 10.0. The van der Waals surface area contributed by atoms with Crippen molar-refractivity contribution in [2.45, 2.75) is 13.8 Å². The van der Waals surface area contributed by atoms with Crippen molar-refractivity contribution in [1.82, 2.24) is 4.98 Å². The van der Waals surface area contributed by atoms with Gasteiger partial charge in [0.1, 0.15) is 0 Å². The highest BCUT2D eigenvalue weighted by Crippen LogP contribution is 2.08. The van der Waals surface area contributed by atoms with Crippen LogP contribution in [-0.2, 0) is 0 Å². The summed E-state index contributed by atoms with van der Waals surface area (Å²) in [7, 11) is 0.